The molecule has 1 aromatic carbocycles. The second-order valence-corrected chi connectivity index (χ2v) is 3.87. The maximum atomic E-state index is 13.6. The van der Waals surface area contributed by atoms with Crippen molar-refractivity contribution in [1.29, 1.82) is 0 Å². The lowest BCUT2D eigenvalue weighted by Crippen LogP contribution is -2.03. The monoisotopic (exact) mass is 239 g/mol. The molecule has 84 valence electrons. The summed E-state index contributed by atoms with van der Waals surface area (Å²) >= 11 is 5.84. The lowest BCUT2D eigenvalue weighted by atomic mass is 10.1. The van der Waals surface area contributed by atoms with Crippen LogP contribution in [0.2, 0.25) is 5.02 Å². The zero-order valence-corrected chi connectivity index (χ0v) is 9.26. The van der Waals surface area contributed by atoms with Gasteiger partial charge in [-0.15, -0.1) is 0 Å². The number of rotatable bonds is 3. The van der Waals surface area contributed by atoms with Crippen molar-refractivity contribution in [3.8, 4) is 11.3 Å². The number of halogens is 2. The van der Waals surface area contributed by atoms with Gasteiger partial charge in [0.15, 0.2) is 0 Å². The van der Waals surface area contributed by atoms with Crippen LogP contribution in [0.5, 0.6) is 0 Å². The Bertz CT molecular complexity index is 496. The molecule has 2 rings (SSSR count). The third-order valence-corrected chi connectivity index (χ3v) is 2.56. The molecule has 2 aromatic rings. The van der Waals surface area contributed by atoms with Crippen LogP contribution in [-0.4, -0.2) is 16.7 Å². The van der Waals surface area contributed by atoms with Crippen LogP contribution in [0.4, 0.5) is 4.39 Å². The molecule has 3 N–H and O–H groups in total. The number of nitrogens with zero attached hydrogens (tertiary/aromatic N) is 1. The quantitative estimate of drug-likeness (QED) is 0.864. The van der Waals surface area contributed by atoms with E-state index in [1.54, 1.807) is 12.3 Å². The molecule has 0 spiro atoms. The molecule has 3 nitrogen and oxygen atoms in total. The van der Waals surface area contributed by atoms with Crippen molar-refractivity contribution in [1.82, 2.24) is 10.2 Å². The molecular weight excluding hydrogens is 229 g/mol. The Morgan fingerprint density at radius 2 is 2.25 bits per heavy atom. The molecule has 0 amide bonds. The number of benzene rings is 1. The average molecular weight is 240 g/mol. The van der Waals surface area contributed by atoms with Crippen molar-refractivity contribution in [3.05, 3.63) is 40.8 Å². The topological polar surface area (TPSA) is 54.7 Å². The Balaban J connectivity index is 2.49. The van der Waals surface area contributed by atoms with Gasteiger partial charge in [0, 0.05) is 10.6 Å². The summed E-state index contributed by atoms with van der Waals surface area (Å²) in [5.41, 5.74) is 7.43. The molecule has 0 fully saturated rings. The number of nitrogens with two attached hydrogens (primary N) is 1. The minimum Gasteiger partial charge on any atom is -0.330 e. The number of aromatic nitrogens is 2. The van der Waals surface area contributed by atoms with Gasteiger partial charge in [-0.1, -0.05) is 11.6 Å². The van der Waals surface area contributed by atoms with Crippen LogP contribution >= 0.6 is 11.6 Å². The smallest absolute Gasteiger partial charge is 0.132 e. The molecule has 1 aromatic heterocycles. The van der Waals surface area contributed by atoms with Gasteiger partial charge in [0.2, 0.25) is 0 Å². The van der Waals surface area contributed by atoms with E-state index in [1.165, 1.54) is 12.1 Å². The highest BCUT2D eigenvalue weighted by molar-refractivity contribution is 6.30. The van der Waals surface area contributed by atoms with Gasteiger partial charge in [0.05, 0.1) is 11.9 Å². The van der Waals surface area contributed by atoms with E-state index in [0.29, 0.717) is 29.2 Å². The van der Waals surface area contributed by atoms with Crippen LogP contribution in [0.15, 0.2) is 24.4 Å². The molecule has 16 heavy (non-hydrogen) atoms. The summed E-state index contributed by atoms with van der Waals surface area (Å²) in [7, 11) is 0. The Hall–Kier alpha value is -1.39. The van der Waals surface area contributed by atoms with E-state index < -0.39 is 0 Å². The molecule has 0 aliphatic heterocycles. The summed E-state index contributed by atoms with van der Waals surface area (Å²) in [4.78, 5) is 0. The van der Waals surface area contributed by atoms with Gasteiger partial charge in [0.25, 0.3) is 0 Å². The fraction of sp³-hybridized carbons (Fsp3) is 0.182. The first-order valence-electron chi connectivity index (χ1n) is 4.90. The Labute approximate surface area is 97.4 Å². The van der Waals surface area contributed by atoms with Crippen LogP contribution in [0, 0.1) is 5.82 Å². The van der Waals surface area contributed by atoms with Crippen LogP contribution < -0.4 is 5.73 Å². The SMILES string of the molecule is NCCc1cn[nH]c1-c1cc(Cl)ccc1F. The highest BCUT2D eigenvalue weighted by atomic mass is 35.5. The van der Waals surface area contributed by atoms with Crippen molar-refractivity contribution in [2.75, 3.05) is 6.54 Å². The number of hydrogen-bond acceptors (Lipinski definition) is 2. The van der Waals surface area contributed by atoms with Crippen LogP contribution in [-0.2, 0) is 6.42 Å². The van der Waals surface area contributed by atoms with E-state index >= 15 is 0 Å². The van der Waals surface area contributed by atoms with Gasteiger partial charge in [-0.25, -0.2) is 4.39 Å². The third-order valence-electron chi connectivity index (χ3n) is 2.33. The zero-order valence-electron chi connectivity index (χ0n) is 8.50. The lowest BCUT2D eigenvalue weighted by Gasteiger charge is -2.04. The Morgan fingerprint density at radius 1 is 1.44 bits per heavy atom. The summed E-state index contributed by atoms with van der Waals surface area (Å²) in [5.74, 6) is -0.327. The number of aromatic amines is 1. The lowest BCUT2D eigenvalue weighted by molar-refractivity contribution is 0.630. The molecule has 0 aliphatic carbocycles. The number of H-pyrrole nitrogens is 1. The average Bonchev–Trinajstić information content (AvgIpc) is 2.70. The van der Waals surface area contributed by atoms with Gasteiger partial charge in [-0.05, 0) is 36.7 Å². The van der Waals surface area contributed by atoms with E-state index in [2.05, 4.69) is 10.2 Å². The van der Waals surface area contributed by atoms with E-state index in [-0.39, 0.29) is 5.82 Å². The van der Waals surface area contributed by atoms with Crippen molar-refractivity contribution in [2.45, 2.75) is 6.42 Å². The van der Waals surface area contributed by atoms with Crippen LogP contribution in [0.25, 0.3) is 11.3 Å². The van der Waals surface area contributed by atoms with E-state index in [9.17, 15) is 4.39 Å². The fourth-order valence-corrected chi connectivity index (χ4v) is 1.75. The normalized spacial score (nSPS) is 10.7. The van der Waals surface area contributed by atoms with E-state index in [1.807, 2.05) is 0 Å². The Kier molecular flexibility index (Phi) is 3.22. The first-order valence-corrected chi connectivity index (χ1v) is 5.28. The molecule has 0 radical (unpaired) electrons. The van der Waals surface area contributed by atoms with Gasteiger partial charge in [0.1, 0.15) is 5.82 Å². The molecule has 1 heterocycles. The maximum Gasteiger partial charge on any atom is 0.132 e. The predicted octanol–water partition coefficient (Wildman–Crippen LogP) is 2.37. The molecular formula is C11H11ClFN3. The van der Waals surface area contributed by atoms with Crippen LogP contribution in [0.1, 0.15) is 5.56 Å². The zero-order chi connectivity index (χ0) is 11.5. The van der Waals surface area contributed by atoms with Crippen molar-refractivity contribution in [3.63, 3.8) is 0 Å². The summed E-state index contributed by atoms with van der Waals surface area (Å²) in [6.45, 7) is 0.495. The summed E-state index contributed by atoms with van der Waals surface area (Å²) in [6.07, 6.45) is 2.31. The van der Waals surface area contributed by atoms with Crippen molar-refractivity contribution in [2.24, 2.45) is 5.73 Å². The molecule has 0 unspecified atom stereocenters. The van der Waals surface area contributed by atoms with Crippen LogP contribution in [0.3, 0.4) is 0 Å². The van der Waals surface area contributed by atoms with Gasteiger partial charge >= 0.3 is 0 Å². The second-order valence-electron chi connectivity index (χ2n) is 3.43. The van der Waals surface area contributed by atoms with Gasteiger partial charge in [-0.2, -0.15) is 5.10 Å². The minimum atomic E-state index is -0.327. The first kappa shape index (κ1) is 11.1. The Morgan fingerprint density at radius 3 is 3.00 bits per heavy atom. The summed E-state index contributed by atoms with van der Waals surface area (Å²) < 4.78 is 13.6. The fourth-order valence-electron chi connectivity index (χ4n) is 1.58. The molecule has 0 aliphatic rings. The number of nitrogens with one attached hydrogen (secondary N) is 1. The minimum absolute atomic E-state index is 0.327. The van der Waals surface area contributed by atoms with Gasteiger partial charge < -0.3 is 5.73 Å². The largest absolute Gasteiger partial charge is 0.330 e. The summed E-state index contributed by atoms with van der Waals surface area (Å²) in [6, 6.07) is 4.43. The van der Waals surface area contributed by atoms with E-state index in [0.717, 1.165) is 5.56 Å². The van der Waals surface area contributed by atoms with Crippen molar-refractivity contribution < 1.29 is 4.39 Å². The molecule has 0 atom stereocenters. The third kappa shape index (κ3) is 2.08. The molecule has 0 saturated heterocycles. The molecule has 0 saturated carbocycles. The molecule has 5 heteroatoms. The second kappa shape index (κ2) is 4.63. The highest BCUT2D eigenvalue weighted by Crippen LogP contribution is 2.27. The molecule has 0 bridgehead atoms. The number of hydrogen-bond donors (Lipinski definition) is 2. The maximum absolute atomic E-state index is 13.6. The van der Waals surface area contributed by atoms with E-state index in [4.69, 9.17) is 17.3 Å². The summed E-state index contributed by atoms with van der Waals surface area (Å²) in [5, 5.41) is 7.16. The predicted molar refractivity (Wildman–Crippen MR) is 61.8 cm³/mol. The van der Waals surface area contributed by atoms with Gasteiger partial charge in [-0.3, -0.25) is 5.10 Å². The highest BCUT2D eigenvalue weighted by Gasteiger charge is 2.11. The first-order chi connectivity index (χ1) is 7.72. The van der Waals surface area contributed by atoms with Crippen molar-refractivity contribution >= 4 is 11.6 Å². The standard InChI is InChI=1S/C11H11ClFN3/c12-8-1-2-10(13)9(5-8)11-7(3-4-14)6-15-16-11/h1-2,5-6H,3-4,14H2,(H,15,16).